The highest BCUT2D eigenvalue weighted by Crippen LogP contribution is 2.36. The van der Waals surface area contributed by atoms with Crippen molar-refractivity contribution in [3.8, 4) is 5.75 Å². The molecule has 0 aromatic carbocycles. The van der Waals surface area contributed by atoms with E-state index in [2.05, 4.69) is 33.9 Å². The highest BCUT2D eigenvalue weighted by molar-refractivity contribution is 6.74. The topological polar surface area (TPSA) is 76.7 Å². The molecule has 24 heavy (non-hydrogen) atoms. The van der Waals surface area contributed by atoms with E-state index in [4.69, 9.17) is 8.84 Å². The summed E-state index contributed by atoms with van der Waals surface area (Å²) in [6, 6.07) is 1.37. The zero-order valence-corrected chi connectivity index (χ0v) is 16.7. The van der Waals surface area contributed by atoms with Crippen molar-refractivity contribution >= 4 is 14.1 Å². The van der Waals surface area contributed by atoms with Crippen molar-refractivity contribution in [2.75, 3.05) is 6.61 Å². The molecule has 1 N–H and O–H groups in total. The Morgan fingerprint density at radius 1 is 1.29 bits per heavy atom. The van der Waals surface area contributed by atoms with Gasteiger partial charge in [0.25, 0.3) is 0 Å². The maximum absolute atomic E-state index is 11.8. The highest BCUT2D eigenvalue weighted by atomic mass is 28.4. The second-order valence-corrected chi connectivity index (χ2v) is 12.4. The van der Waals surface area contributed by atoms with Crippen LogP contribution in [-0.4, -0.2) is 25.8 Å². The quantitative estimate of drug-likeness (QED) is 0.428. The monoisotopic (exact) mass is 354 g/mol. The molecule has 0 spiro atoms. The Kier molecular flexibility index (Phi) is 6.98. The molecule has 0 aliphatic carbocycles. The van der Waals surface area contributed by atoms with E-state index in [-0.39, 0.29) is 22.8 Å². The number of ketones is 1. The van der Waals surface area contributed by atoms with Crippen molar-refractivity contribution in [2.45, 2.75) is 71.5 Å². The van der Waals surface area contributed by atoms with E-state index in [0.717, 1.165) is 12.8 Å². The maximum Gasteiger partial charge on any atom is 0.350 e. The molecule has 0 bridgehead atoms. The summed E-state index contributed by atoms with van der Waals surface area (Å²) < 4.78 is 11.2. The molecule has 0 aliphatic heterocycles. The van der Waals surface area contributed by atoms with Gasteiger partial charge in [-0.1, -0.05) is 27.7 Å². The molecule has 0 aliphatic rings. The van der Waals surface area contributed by atoms with Crippen LogP contribution in [0.15, 0.2) is 15.3 Å². The van der Waals surface area contributed by atoms with Crippen LogP contribution in [-0.2, 0) is 10.8 Å². The molecule has 136 valence electrons. The molecule has 0 amide bonds. The summed E-state index contributed by atoms with van der Waals surface area (Å²) in [7, 11) is -1.73. The Balaban J connectivity index is 2.55. The van der Waals surface area contributed by atoms with Crippen LogP contribution in [0.1, 0.15) is 63.1 Å². The van der Waals surface area contributed by atoms with Crippen LogP contribution in [0.4, 0.5) is 0 Å². The molecule has 1 aromatic heterocycles. The van der Waals surface area contributed by atoms with Gasteiger partial charge in [0, 0.05) is 25.5 Å². The lowest BCUT2D eigenvalue weighted by Gasteiger charge is -2.36. The summed E-state index contributed by atoms with van der Waals surface area (Å²) in [6.07, 6.45) is 2.33. The highest BCUT2D eigenvalue weighted by Gasteiger charge is 2.36. The smallest absolute Gasteiger partial charge is 0.350 e. The van der Waals surface area contributed by atoms with Crippen LogP contribution >= 0.6 is 0 Å². The summed E-state index contributed by atoms with van der Waals surface area (Å²) in [5, 5.41) is 10.1. The molecule has 1 heterocycles. The molecule has 1 rings (SSSR count). The number of Topliss-reactive ketones (excluding diaryl/α,β-unsaturated/α-hetero) is 1. The van der Waals surface area contributed by atoms with Gasteiger partial charge in [0.1, 0.15) is 17.1 Å². The average Bonchev–Trinajstić information content (AvgIpc) is 2.44. The molecule has 0 saturated heterocycles. The molecular formula is C18H30O5Si. The van der Waals surface area contributed by atoms with Crippen molar-refractivity contribution < 1.29 is 18.7 Å². The number of carbonyl (C=O) groups is 1. The van der Waals surface area contributed by atoms with Gasteiger partial charge in [-0.05, 0) is 31.0 Å². The number of aryl methyl sites for hydroxylation is 1. The first kappa shape index (κ1) is 20.6. The van der Waals surface area contributed by atoms with Gasteiger partial charge in [-0.15, -0.1) is 0 Å². The Hall–Kier alpha value is -1.40. The zero-order chi connectivity index (χ0) is 18.5. The fourth-order valence-corrected chi connectivity index (χ4v) is 3.12. The average molecular weight is 355 g/mol. The number of hydrogen-bond acceptors (Lipinski definition) is 5. The molecule has 0 saturated carbocycles. The molecule has 1 aromatic rings. The predicted octanol–water partition coefficient (Wildman–Crippen LogP) is 4.28. The van der Waals surface area contributed by atoms with Crippen LogP contribution in [0.25, 0.3) is 0 Å². The van der Waals surface area contributed by atoms with Crippen molar-refractivity contribution in [1.29, 1.82) is 0 Å². The first-order chi connectivity index (χ1) is 11.0. The lowest BCUT2D eigenvalue weighted by molar-refractivity contribution is 0.0981. The van der Waals surface area contributed by atoms with Gasteiger partial charge < -0.3 is 13.9 Å². The summed E-state index contributed by atoms with van der Waals surface area (Å²) in [5.41, 5.74) is -1.00. The zero-order valence-electron chi connectivity index (χ0n) is 15.7. The van der Waals surface area contributed by atoms with Crippen LogP contribution < -0.4 is 5.63 Å². The third-order valence-electron chi connectivity index (χ3n) is 4.67. The normalized spacial score (nSPS) is 12.4. The van der Waals surface area contributed by atoms with Gasteiger partial charge in [0.2, 0.25) is 0 Å². The van der Waals surface area contributed by atoms with E-state index in [1.165, 1.54) is 6.07 Å². The Morgan fingerprint density at radius 3 is 2.42 bits per heavy atom. The van der Waals surface area contributed by atoms with Gasteiger partial charge in [-0.3, -0.25) is 4.79 Å². The number of aromatic hydroxyl groups is 1. The van der Waals surface area contributed by atoms with Crippen molar-refractivity contribution in [2.24, 2.45) is 0 Å². The van der Waals surface area contributed by atoms with Gasteiger partial charge in [0.15, 0.2) is 14.1 Å². The Labute approximate surface area is 145 Å². The number of rotatable bonds is 8. The number of carbonyl (C=O) groups excluding carboxylic acids is 1. The SMILES string of the molecule is CCC(=O)c1c(O)cc(CCCCO[Si](C)(C)C(C)(C)C)oc1=O. The molecule has 0 radical (unpaired) electrons. The van der Waals surface area contributed by atoms with Gasteiger partial charge in [-0.2, -0.15) is 0 Å². The molecule has 0 atom stereocenters. The summed E-state index contributed by atoms with van der Waals surface area (Å²) in [6.45, 7) is 13.4. The van der Waals surface area contributed by atoms with E-state index < -0.39 is 19.7 Å². The van der Waals surface area contributed by atoms with Crippen molar-refractivity contribution in [3.63, 3.8) is 0 Å². The molecule has 6 heteroatoms. The number of unbranched alkanes of at least 4 members (excludes halogenated alkanes) is 1. The number of hydrogen-bond donors (Lipinski definition) is 1. The van der Waals surface area contributed by atoms with E-state index >= 15 is 0 Å². The van der Waals surface area contributed by atoms with E-state index in [1.54, 1.807) is 6.92 Å². The minimum Gasteiger partial charge on any atom is -0.507 e. The maximum atomic E-state index is 11.8. The van der Waals surface area contributed by atoms with E-state index in [9.17, 15) is 14.7 Å². The van der Waals surface area contributed by atoms with Crippen LogP contribution in [0.3, 0.4) is 0 Å². The van der Waals surface area contributed by atoms with Crippen molar-refractivity contribution in [1.82, 2.24) is 0 Å². The minimum atomic E-state index is -1.73. The van der Waals surface area contributed by atoms with Gasteiger partial charge in [-0.25, -0.2) is 4.79 Å². The van der Waals surface area contributed by atoms with E-state index in [1.807, 2.05) is 0 Å². The van der Waals surface area contributed by atoms with Crippen LogP contribution in [0.2, 0.25) is 18.1 Å². The van der Waals surface area contributed by atoms with Gasteiger partial charge in [0.05, 0.1) is 0 Å². The Bertz CT molecular complexity index is 625. The van der Waals surface area contributed by atoms with Crippen molar-refractivity contribution in [3.05, 3.63) is 27.8 Å². The fraction of sp³-hybridized carbons (Fsp3) is 0.667. The van der Waals surface area contributed by atoms with Crippen LogP contribution in [0, 0.1) is 0 Å². The first-order valence-corrected chi connectivity index (χ1v) is 11.4. The molecule has 5 nitrogen and oxygen atoms in total. The second kappa shape index (κ2) is 8.12. The minimum absolute atomic E-state index is 0.155. The first-order valence-electron chi connectivity index (χ1n) is 8.52. The summed E-state index contributed by atoms with van der Waals surface area (Å²) in [5.74, 6) is -0.293. The second-order valence-electron chi connectivity index (χ2n) is 7.60. The molecule has 0 unspecified atom stereocenters. The Morgan fingerprint density at radius 2 is 1.92 bits per heavy atom. The largest absolute Gasteiger partial charge is 0.507 e. The van der Waals surface area contributed by atoms with E-state index in [0.29, 0.717) is 18.8 Å². The van der Waals surface area contributed by atoms with Gasteiger partial charge >= 0.3 is 5.63 Å². The third-order valence-corrected chi connectivity index (χ3v) is 9.21. The predicted molar refractivity (Wildman–Crippen MR) is 97.4 cm³/mol. The summed E-state index contributed by atoms with van der Waals surface area (Å²) in [4.78, 5) is 23.4. The molecular weight excluding hydrogens is 324 g/mol. The van der Waals surface area contributed by atoms with Crippen LogP contribution in [0.5, 0.6) is 5.75 Å². The fourth-order valence-electron chi connectivity index (χ4n) is 2.03. The standard InChI is InChI=1S/C18H30O5Si/c1-7-14(19)16-15(20)12-13(23-17(16)21)10-8-9-11-22-24(5,6)18(2,3)4/h12,20H,7-11H2,1-6H3. The molecule has 0 fully saturated rings. The third kappa shape index (κ3) is 5.31. The summed E-state index contributed by atoms with van der Waals surface area (Å²) >= 11 is 0. The lowest BCUT2D eigenvalue weighted by Crippen LogP contribution is -2.40. The lowest BCUT2D eigenvalue weighted by atomic mass is 10.1.